The first-order valence-electron chi connectivity index (χ1n) is 7.70. The standard InChI is InChI=1S/C17H22FN3/c18-16-4-3-15(14(12-16)2-1-7-19)13-20-8-10-21(11-9-20)17-5-6-17/h3-4,12,17H,5-11,13,19H2. The summed E-state index contributed by atoms with van der Waals surface area (Å²) in [5.74, 6) is 5.57. The van der Waals surface area contributed by atoms with Gasteiger partial charge in [-0.25, -0.2) is 4.39 Å². The van der Waals surface area contributed by atoms with E-state index >= 15 is 0 Å². The molecule has 2 N–H and O–H groups in total. The molecule has 1 saturated carbocycles. The first-order chi connectivity index (χ1) is 10.3. The van der Waals surface area contributed by atoms with Crippen molar-refractivity contribution >= 4 is 0 Å². The van der Waals surface area contributed by atoms with E-state index in [0.717, 1.165) is 49.9 Å². The molecule has 1 saturated heterocycles. The maximum Gasteiger partial charge on any atom is 0.124 e. The molecule has 1 heterocycles. The van der Waals surface area contributed by atoms with E-state index in [9.17, 15) is 4.39 Å². The smallest absolute Gasteiger partial charge is 0.124 e. The van der Waals surface area contributed by atoms with Crippen molar-refractivity contribution in [3.63, 3.8) is 0 Å². The Labute approximate surface area is 125 Å². The fraction of sp³-hybridized carbons (Fsp3) is 0.529. The minimum absolute atomic E-state index is 0.237. The van der Waals surface area contributed by atoms with Crippen LogP contribution >= 0.6 is 0 Å². The average molecular weight is 287 g/mol. The van der Waals surface area contributed by atoms with Gasteiger partial charge in [0.25, 0.3) is 0 Å². The predicted octanol–water partition coefficient (Wildman–Crippen LogP) is 1.42. The van der Waals surface area contributed by atoms with Gasteiger partial charge >= 0.3 is 0 Å². The van der Waals surface area contributed by atoms with Crippen LogP contribution in [0.25, 0.3) is 0 Å². The lowest BCUT2D eigenvalue weighted by molar-refractivity contribution is 0.121. The van der Waals surface area contributed by atoms with Crippen molar-refractivity contribution in [3.8, 4) is 11.8 Å². The number of hydrogen-bond donors (Lipinski definition) is 1. The lowest BCUT2D eigenvalue weighted by Crippen LogP contribution is -2.46. The summed E-state index contributed by atoms with van der Waals surface area (Å²) in [6.07, 6.45) is 2.74. The molecule has 2 aliphatic rings. The van der Waals surface area contributed by atoms with E-state index in [1.165, 1.54) is 25.0 Å². The number of hydrogen-bond acceptors (Lipinski definition) is 3. The topological polar surface area (TPSA) is 32.5 Å². The maximum atomic E-state index is 13.4. The van der Waals surface area contributed by atoms with Crippen LogP contribution in [0.4, 0.5) is 4.39 Å². The first kappa shape index (κ1) is 14.5. The summed E-state index contributed by atoms with van der Waals surface area (Å²) in [7, 11) is 0. The van der Waals surface area contributed by atoms with Gasteiger partial charge in [0.2, 0.25) is 0 Å². The van der Waals surface area contributed by atoms with Crippen LogP contribution in [0.15, 0.2) is 18.2 Å². The Bertz CT molecular complexity index is 549. The molecule has 1 aromatic rings. The van der Waals surface area contributed by atoms with Gasteiger partial charge in [0.05, 0.1) is 6.54 Å². The van der Waals surface area contributed by atoms with Crippen molar-refractivity contribution in [2.24, 2.45) is 5.73 Å². The van der Waals surface area contributed by atoms with E-state index in [2.05, 4.69) is 21.6 Å². The summed E-state index contributed by atoms with van der Waals surface area (Å²) in [5, 5.41) is 0. The zero-order chi connectivity index (χ0) is 14.7. The predicted molar refractivity (Wildman–Crippen MR) is 82.2 cm³/mol. The van der Waals surface area contributed by atoms with E-state index in [-0.39, 0.29) is 5.82 Å². The number of piperazine rings is 1. The summed E-state index contributed by atoms with van der Waals surface area (Å²) in [5.41, 5.74) is 7.28. The van der Waals surface area contributed by atoms with Crippen molar-refractivity contribution in [1.29, 1.82) is 0 Å². The molecule has 1 aromatic carbocycles. The maximum absolute atomic E-state index is 13.4. The molecule has 3 nitrogen and oxygen atoms in total. The number of rotatable bonds is 3. The quantitative estimate of drug-likeness (QED) is 0.853. The summed E-state index contributed by atoms with van der Waals surface area (Å²) in [6, 6.07) is 5.73. The molecule has 0 unspecified atom stereocenters. The number of halogens is 1. The lowest BCUT2D eigenvalue weighted by atomic mass is 10.1. The van der Waals surface area contributed by atoms with Crippen LogP contribution in [0.5, 0.6) is 0 Å². The van der Waals surface area contributed by atoms with Crippen LogP contribution in [-0.4, -0.2) is 48.6 Å². The third-order valence-electron chi connectivity index (χ3n) is 4.26. The Kier molecular flexibility index (Phi) is 4.54. The molecule has 3 rings (SSSR count). The Morgan fingerprint density at radius 3 is 2.62 bits per heavy atom. The van der Waals surface area contributed by atoms with E-state index in [4.69, 9.17) is 5.73 Å². The molecule has 0 aromatic heterocycles. The summed E-state index contributed by atoms with van der Waals surface area (Å²) >= 11 is 0. The average Bonchev–Trinajstić information content (AvgIpc) is 3.33. The molecule has 0 bridgehead atoms. The van der Waals surface area contributed by atoms with Gasteiger partial charge in [-0.1, -0.05) is 17.9 Å². The highest BCUT2D eigenvalue weighted by atomic mass is 19.1. The van der Waals surface area contributed by atoms with Crippen LogP contribution in [0.3, 0.4) is 0 Å². The zero-order valence-electron chi connectivity index (χ0n) is 12.3. The molecule has 4 heteroatoms. The number of nitrogens with zero attached hydrogens (tertiary/aromatic N) is 2. The van der Waals surface area contributed by atoms with Crippen LogP contribution in [-0.2, 0) is 6.54 Å². The summed E-state index contributed by atoms with van der Waals surface area (Å²) in [4.78, 5) is 5.02. The second kappa shape index (κ2) is 6.57. The van der Waals surface area contributed by atoms with E-state index in [0.29, 0.717) is 6.54 Å². The highest BCUT2D eigenvalue weighted by Crippen LogP contribution is 2.27. The summed E-state index contributed by atoms with van der Waals surface area (Å²) < 4.78 is 13.4. The van der Waals surface area contributed by atoms with Gasteiger partial charge in [0.15, 0.2) is 0 Å². The molecule has 0 radical (unpaired) electrons. The van der Waals surface area contributed by atoms with E-state index in [1.54, 1.807) is 0 Å². The molecule has 0 spiro atoms. The number of benzene rings is 1. The van der Waals surface area contributed by atoms with Crippen molar-refractivity contribution in [2.75, 3.05) is 32.7 Å². The van der Waals surface area contributed by atoms with Crippen molar-refractivity contribution in [3.05, 3.63) is 35.1 Å². The normalized spacial score (nSPS) is 20.1. The van der Waals surface area contributed by atoms with Gasteiger partial charge in [-0.3, -0.25) is 9.80 Å². The zero-order valence-corrected chi connectivity index (χ0v) is 12.3. The van der Waals surface area contributed by atoms with Gasteiger partial charge in [-0.2, -0.15) is 0 Å². The van der Waals surface area contributed by atoms with Crippen LogP contribution in [0.1, 0.15) is 24.0 Å². The Hall–Kier alpha value is -1.41. The molecule has 1 aliphatic carbocycles. The molecule has 0 atom stereocenters. The highest BCUT2D eigenvalue weighted by molar-refractivity contribution is 5.42. The molecular weight excluding hydrogens is 265 g/mol. The third kappa shape index (κ3) is 3.82. The lowest BCUT2D eigenvalue weighted by Gasteiger charge is -2.35. The minimum Gasteiger partial charge on any atom is -0.320 e. The SMILES string of the molecule is NCC#Cc1cc(F)ccc1CN1CCN(C2CC2)CC1. The van der Waals surface area contributed by atoms with E-state index < -0.39 is 0 Å². The molecule has 21 heavy (non-hydrogen) atoms. The second-order valence-electron chi connectivity index (χ2n) is 5.85. The van der Waals surface area contributed by atoms with Crippen LogP contribution in [0.2, 0.25) is 0 Å². The first-order valence-corrected chi connectivity index (χ1v) is 7.70. The third-order valence-corrected chi connectivity index (χ3v) is 4.26. The summed E-state index contributed by atoms with van der Waals surface area (Å²) in [6.45, 7) is 5.60. The monoisotopic (exact) mass is 287 g/mol. The fourth-order valence-corrected chi connectivity index (χ4v) is 2.92. The van der Waals surface area contributed by atoms with Crippen LogP contribution < -0.4 is 5.73 Å². The molecule has 0 amide bonds. The Morgan fingerprint density at radius 1 is 1.19 bits per heavy atom. The van der Waals surface area contributed by atoms with Crippen LogP contribution in [0, 0.1) is 17.7 Å². The van der Waals surface area contributed by atoms with Crippen molar-refractivity contribution < 1.29 is 4.39 Å². The number of nitrogens with two attached hydrogens (primary N) is 1. The minimum atomic E-state index is -0.237. The second-order valence-corrected chi connectivity index (χ2v) is 5.85. The van der Waals surface area contributed by atoms with Gasteiger partial charge < -0.3 is 5.73 Å². The Balaban J connectivity index is 1.64. The fourth-order valence-electron chi connectivity index (χ4n) is 2.92. The molecule has 112 valence electrons. The molecule has 2 fully saturated rings. The van der Waals surface area contributed by atoms with E-state index in [1.807, 2.05) is 6.07 Å². The van der Waals surface area contributed by atoms with Gasteiger partial charge in [0.1, 0.15) is 5.82 Å². The Morgan fingerprint density at radius 2 is 1.95 bits per heavy atom. The molecule has 1 aliphatic heterocycles. The largest absolute Gasteiger partial charge is 0.320 e. The van der Waals surface area contributed by atoms with Gasteiger partial charge in [0, 0.05) is 44.3 Å². The van der Waals surface area contributed by atoms with Gasteiger partial charge in [-0.15, -0.1) is 0 Å². The van der Waals surface area contributed by atoms with Gasteiger partial charge in [-0.05, 0) is 30.5 Å². The van der Waals surface area contributed by atoms with Crippen molar-refractivity contribution in [2.45, 2.75) is 25.4 Å². The molecular formula is C17H22FN3. The van der Waals surface area contributed by atoms with Crippen molar-refractivity contribution in [1.82, 2.24) is 9.80 Å². The highest BCUT2D eigenvalue weighted by Gasteiger charge is 2.31.